The Kier molecular flexibility index (Phi) is 4.44. The summed E-state index contributed by atoms with van der Waals surface area (Å²) in [5.74, 6) is 0. The van der Waals surface area contributed by atoms with Gasteiger partial charge in [-0.3, -0.25) is 0 Å². The molecule has 2 atom stereocenters. The van der Waals surface area contributed by atoms with Crippen molar-refractivity contribution in [1.82, 2.24) is 5.32 Å². The molecular formula is C16H22Cl2N2. The maximum atomic E-state index is 6.18. The minimum atomic E-state index is 0.641. The highest BCUT2D eigenvalue weighted by Gasteiger charge is 2.40. The van der Waals surface area contributed by atoms with E-state index < -0.39 is 0 Å². The second-order valence-corrected chi connectivity index (χ2v) is 6.83. The standard InChI is InChI=1S/C16H22Cl2N2/c1-2-7-19-11-8-12-3-4-13(9-11)20(12)14-5-6-15(17)16(18)10-14/h5-6,10-13,19H,2-4,7-9H2,1H3. The van der Waals surface area contributed by atoms with Crippen LogP contribution in [0.2, 0.25) is 10.0 Å². The highest BCUT2D eigenvalue weighted by molar-refractivity contribution is 6.42. The van der Waals surface area contributed by atoms with Crippen molar-refractivity contribution in [2.24, 2.45) is 0 Å². The van der Waals surface area contributed by atoms with Crippen LogP contribution in [0, 0.1) is 0 Å². The number of anilines is 1. The van der Waals surface area contributed by atoms with Crippen molar-refractivity contribution in [3.05, 3.63) is 28.2 Å². The number of rotatable bonds is 4. The zero-order valence-corrected chi connectivity index (χ0v) is 13.4. The third-order valence-electron chi connectivity index (χ3n) is 4.62. The largest absolute Gasteiger partial charge is 0.365 e. The number of piperidine rings is 1. The molecule has 2 unspecified atom stereocenters. The molecule has 0 amide bonds. The summed E-state index contributed by atoms with van der Waals surface area (Å²) in [4.78, 5) is 2.58. The molecule has 2 nitrogen and oxygen atoms in total. The molecule has 110 valence electrons. The lowest BCUT2D eigenvalue weighted by molar-refractivity contribution is 0.357. The molecule has 1 aromatic rings. The summed E-state index contributed by atoms with van der Waals surface area (Å²) in [5, 5.41) is 4.99. The summed E-state index contributed by atoms with van der Waals surface area (Å²) in [5.41, 5.74) is 1.24. The fourth-order valence-corrected chi connectivity index (χ4v) is 4.05. The predicted molar refractivity (Wildman–Crippen MR) is 87.1 cm³/mol. The Morgan fingerprint density at radius 2 is 1.85 bits per heavy atom. The van der Waals surface area contributed by atoms with Crippen LogP contribution in [-0.4, -0.2) is 24.7 Å². The SMILES string of the molecule is CCCNC1CC2CCC(C1)N2c1ccc(Cl)c(Cl)c1. The van der Waals surface area contributed by atoms with Gasteiger partial charge in [0.15, 0.2) is 0 Å². The minimum Gasteiger partial charge on any atom is -0.365 e. The van der Waals surface area contributed by atoms with E-state index in [4.69, 9.17) is 23.2 Å². The quantitative estimate of drug-likeness (QED) is 0.881. The van der Waals surface area contributed by atoms with Crippen LogP contribution >= 0.6 is 23.2 Å². The van der Waals surface area contributed by atoms with E-state index in [1.165, 1.54) is 37.8 Å². The first-order chi connectivity index (χ1) is 9.69. The fourth-order valence-electron chi connectivity index (χ4n) is 3.76. The minimum absolute atomic E-state index is 0.641. The highest BCUT2D eigenvalue weighted by Crippen LogP contribution is 2.40. The Bertz CT molecular complexity index is 464. The van der Waals surface area contributed by atoms with Crippen LogP contribution in [-0.2, 0) is 0 Å². The van der Waals surface area contributed by atoms with Gasteiger partial charge in [0, 0.05) is 23.8 Å². The first kappa shape index (κ1) is 14.5. The molecule has 2 heterocycles. The summed E-state index contributed by atoms with van der Waals surface area (Å²) in [7, 11) is 0. The number of fused-ring (bicyclic) bond motifs is 2. The smallest absolute Gasteiger partial charge is 0.0612 e. The normalized spacial score (nSPS) is 28.9. The van der Waals surface area contributed by atoms with E-state index in [0.717, 1.165) is 6.54 Å². The number of hydrogen-bond donors (Lipinski definition) is 1. The van der Waals surface area contributed by atoms with Crippen LogP contribution in [0.5, 0.6) is 0 Å². The van der Waals surface area contributed by atoms with Crippen LogP contribution < -0.4 is 10.2 Å². The lowest BCUT2D eigenvalue weighted by atomic mass is 9.96. The van der Waals surface area contributed by atoms with Crippen molar-refractivity contribution in [1.29, 1.82) is 0 Å². The van der Waals surface area contributed by atoms with Gasteiger partial charge in [0.1, 0.15) is 0 Å². The molecule has 2 saturated heterocycles. The van der Waals surface area contributed by atoms with Crippen LogP contribution in [0.15, 0.2) is 18.2 Å². The van der Waals surface area contributed by atoms with Gasteiger partial charge in [0.05, 0.1) is 10.0 Å². The fraction of sp³-hybridized carbons (Fsp3) is 0.625. The van der Waals surface area contributed by atoms with E-state index in [9.17, 15) is 0 Å². The van der Waals surface area contributed by atoms with Crippen molar-refractivity contribution in [2.45, 2.75) is 57.2 Å². The summed E-state index contributed by atoms with van der Waals surface area (Å²) in [6.45, 7) is 3.36. The van der Waals surface area contributed by atoms with Gasteiger partial charge in [0.2, 0.25) is 0 Å². The van der Waals surface area contributed by atoms with Gasteiger partial charge >= 0.3 is 0 Å². The molecule has 0 spiro atoms. The molecule has 0 aliphatic carbocycles. The van der Waals surface area contributed by atoms with Gasteiger partial charge in [0.25, 0.3) is 0 Å². The Morgan fingerprint density at radius 1 is 1.15 bits per heavy atom. The molecule has 20 heavy (non-hydrogen) atoms. The molecule has 1 N–H and O–H groups in total. The van der Waals surface area contributed by atoms with Gasteiger partial charge < -0.3 is 10.2 Å². The van der Waals surface area contributed by atoms with Gasteiger partial charge in [-0.05, 0) is 56.8 Å². The third kappa shape index (κ3) is 2.79. The molecule has 3 rings (SSSR count). The maximum absolute atomic E-state index is 6.18. The van der Waals surface area contributed by atoms with Crippen LogP contribution in [0.25, 0.3) is 0 Å². The Hall–Kier alpha value is -0.440. The number of hydrogen-bond acceptors (Lipinski definition) is 2. The number of benzene rings is 1. The van der Waals surface area contributed by atoms with Crippen LogP contribution in [0.3, 0.4) is 0 Å². The van der Waals surface area contributed by atoms with E-state index in [-0.39, 0.29) is 0 Å². The zero-order valence-electron chi connectivity index (χ0n) is 11.9. The molecule has 2 bridgehead atoms. The van der Waals surface area contributed by atoms with Crippen molar-refractivity contribution in [2.75, 3.05) is 11.4 Å². The Balaban J connectivity index is 1.74. The summed E-state index contributed by atoms with van der Waals surface area (Å²) in [6, 6.07) is 8.04. The van der Waals surface area contributed by atoms with Crippen molar-refractivity contribution in [3.8, 4) is 0 Å². The first-order valence-electron chi connectivity index (χ1n) is 7.65. The van der Waals surface area contributed by atoms with E-state index in [1.807, 2.05) is 12.1 Å². The van der Waals surface area contributed by atoms with Crippen molar-refractivity contribution in [3.63, 3.8) is 0 Å². The summed E-state index contributed by atoms with van der Waals surface area (Å²) in [6.07, 6.45) is 6.31. The van der Waals surface area contributed by atoms with E-state index in [1.54, 1.807) is 0 Å². The van der Waals surface area contributed by atoms with Gasteiger partial charge in [-0.1, -0.05) is 30.1 Å². The second kappa shape index (κ2) is 6.13. The first-order valence-corrected chi connectivity index (χ1v) is 8.41. The molecule has 1 aromatic carbocycles. The van der Waals surface area contributed by atoms with E-state index >= 15 is 0 Å². The second-order valence-electron chi connectivity index (χ2n) is 6.01. The molecule has 0 radical (unpaired) electrons. The molecule has 0 aromatic heterocycles. The lowest BCUT2D eigenvalue weighted by Gasteiger charge is -2.41. The Morgan fingerprint density at radius 3 is 2.45 bits per heavy atom. The van der Waals surface area contributed by atoms with Gasteiger partial charge in [-0.25, -0.2) is 0 Å². The lowest BCUT2D eigenvalue weighted by Crippen LogP contribution is -2.49. The Labute approximate surface area is 131 Å². The number of nitrogens with zero attached hydrogens (tertiary/aromatic N) is 1. The third-order valence-corrected chi connectivity index (χ3v) is 5.36. The van der Waals surface area contributed by atoms with Crippen molar-refractivity contribution < 1.29 is 0 Å². The molecule has 2 aliphatic rings. The molecule has 2 fully saturated rings. The average molecular weight is 313 g/mol. The molecular weight excluding hydrogens is 291 g/mol. The maximum Gasteiger partial charge on any atom is 0.0612 e. The monoisotopic (exact) mass is 312 g/mol. The predicted octanol–water partition coefficient (Wildman–Crippen LogP) is 4.49. The van der Waals surface area contributed by atoms with Gasteiger partial charge in [-0.2, -0.15) is 0 Å². The average Bonchev–Trinajstić information content (AvgIpc) is 2.71. The summed E-state index contributed by atoms with van der Waals surface area (Å²) >= 11 is 12.2. The summed E-state index contributed by atoms with van der Waals surface area (Å²) < 4.78 is 0. The number of nitrogens with one attached hydrogen (secondary N) is 1. The van der Waals surface area contributed by atoms with Gasteiger partial charge in [-0.15, -0.1) is 0 Å². The molecule has 4 heteroatoms. The molecule has 2 aliphatic heterocycles. The number of halogens is 2. The van der Waals surface area contributed by atoms with Crippen molar-refractivity contribution >= 4 is 28.9 Å². The topological polar surface area (TPSA) is 15.3 Å². The molecule has 0 saturated carbocycles. The zero-order chi connectivity index (χ0) is 14.1. The van der Waals surface area contributed by atoms with Crippen LogP contribution in [0.1, 0.15) is 39.0 Å². The van der Waals surface area contributed by atoms with E-state index in [2.05, 4.69) is 23.2 Å². The van der Waals surface area contributed by atoms with Crippen LogP contribution in [0.4, 0.5) is 5.69 Å². The van der Waals surface area contributed by atoms with E-state index in [0.29, 0.717) is 28.2 Å². The highest BCUT2D eigenvalue weighted by atomic mass is 35.5.